The molecule has 3 heterocycles. The predicted octanol–water partition coefficient (Wildman–Crippen LogP) is 1.57. The number of anilines is 1. The Bertz CT molecular complexity index is 996. The molecule has 3 aliphatic heterocycles. The number of carbonyl (C=O) groups is 1. The normalized spacial score (nSPS) is 27.7. The maximum Gasteiger partial charge on any atom is 0.262 e. The fourth-order valence-corrected chi connectivity index (χ4v) is 5.74. The molecule has 1 aliphatic carbocycles. The number of aliphatic imine (C=N–C) groups is 1. The van der Waals surface area contributed by atoms with E-state index in [-0.39, 0.29) is 28.3 Å². The van der Waals surface area contributed by atoms with Gasteiger partial charge in [-0.25, -0.2) is 13.1 Å². The Labute approximate surface area is 171 Å². The van der Waals surface area contributed by atoms with E-state index in [9.17, 15) is 13.2 Å². The van der Waals surface area contributed by atoms with Crippen LogP contribution in [0.5, 0.6) is 0 Å². The average Bonchev–Trinajstić information content (AvgIpc) is 3.07. The molecule has 4 aliphatic rings. The van der Waals surface area contributed by atoms with Crippen molar-refractivity contribution in [3.8, 4) is 0 Å². The van der Waals surface area contributed by atoms with Crippen molar-refractivity contribution in [2.24, 2.45) is 10.9 Å². The van der Waals surface area contributed by atoms with E-state index in [1.807, 2.05) is 6.92 Å². The molecule has 2 fully saturated rings. The van der Waals surface area contributed by atoms with Crippen molar-refractivity contribution in [1.29, 1.82) is 0 Å². The number of amides is 1. The Morgan fingerprint density at radius 1 is 1.34 bits per heavy atom. The maximum absolute atomic E-state index is 13.4. The minimum Gasteiger partial charge on any atom is -0.381 e. The molecular weight excluding hydrogens is 392 g/mol. The summed E-state index contributed by atoms with van der Waals surface area (Å²) in [6.07, 6.45) is 2.58. The largest absolute Gasteiger partial charge is 0.381 e. The van der Waals surface area contributed by atoms with Crippen molar-refractivity contribution in [2.75, 3.05) is 31.2 Å². The molecule has 8 nitrogen and oxygen atoms in total. The Kier molecular flexibility index (Phi) is 4.27. The highest BCUT2D eigenvalue weighted by Crippen LogP contribution is 2.38. The van der Waals surface area contributed by atoms with Crippen LogP contribution in [0.3, 0.4) is 0 Å². The highest BCUT2D eigenvalue weighted by molar-refractivity contribution is 7.89. The van der Waals surface area contributed by atoms with Crippen LogP contribution in [-0.2, 0) is 14.8 Å². The monoisotopic (exact) mass is 418 g/mol. The van der Waals surface area contributed by atoms with Crippen molar-refractivity contribution in [1.82, 2.24) is 9.62 Å². The summed E-state index contributed by atoms with van der Waals surface area (Å²) in [4.78, 5) is 21.9. The second kappa shape index (κ2) is 6.52. The zero-order valence-corrected chi connectivity index (χ0v) is 17.5. The van der Waals surface area contributed by atoms with Crippen LogP contribution in [0.2, 0.25) is 0 Å². The summed E-state index contributed by atoms with van der Waals surface area (Å²) < 4.78 is 33.9. The van der Waals surface area contributed by atoms with Crippen molar-refractivity contribution >= 4 is 27.6 Å². The average molecular weight is 419 g/mol. The quantitative estimate of drug-likeness (QED) is 0.784. The lowest BCUT2D eigenvalue weighted by Gasteiger charge is -2.38. The smallest absolute Gasteiger partial charge is 0.262 e. The molecule has 9 heteroatoms. The highest BCUT2D eigenvalue weighted by atomic mass is 32.2. The third-order valence-electron chi connectivity index (χ3n) is 6.25. The molecule has 0 spiro atoms. The summed E-state index contributed by atoms with van der Waals surface area (Å²) in [7, 11) is -3.68. The van der Waals surface area contributed by atoms with Crippen molar-refractivity contribution in [2.45, 2.75) is 49.6 Å². The molecule has 1 aromatic carbocycles. The molecule has 5 rings (SSSR count). The van der Waals surface area contributed by atoms with Crippen LogP contribution < -0.4 is 9.62 Å². The number of nitrogens with one attached hydrogen (secondary N) is 1. The standard InChI is InChI=1S/C20H26N4O4S/c1-13-10-21-19-23(11-14-5-8-28-12-14)18(25)16-9-15(3-4-17(16)24(13)19)29(26,27)22-20(2)6-7-20/h3-4,9,13-14,22H,5-8,10-12H2,1-2H3/t13-,14?/m1/s1. The van der Waals surface area contributed by atoms with Crippen LogP contribution in [0.25, 0.3) is 0 Å². The molecule has 1 saturated carbocycles. The molecule has 2 atom stereocenters. The minimum absolute atomic E-state index is 0.116. The van der Waals surface area contributed by atoms with Gasteiger partial charge in [0.2, 0.25) is 16.0 Å². The molecule has 0 radical (unpaired) electrons. The van der Waals surface area contributed by atoms with Crippen molar-refractivity contribution < 1.29 is 17.9 Å². The summed E-state index contributed by atoms with van der Waals surface area (Å²) in [5.41, 5.74) is 0.783. The van der Waals surface area contributed by atoms with Crippen molar-refractivity contribution in [3.63, 3.8) is 0 Å². The number of guanidine groups is 1. The molecular formula is C20H26N4O4S. The van der Waals surface area contributed by atoms with Crippen LogP contribution in [0.4, 0.5) is 5.69 Å². The van der Waals surface area contributed by atoms with Gasteiger partial charge in [0.05, 0.1) is 35.3 Å². The first-order valence-corrected chi connectivity index (χ1v) is 11.7. The second-order valence-corrected chi connectivity index (χ2v) is 10.5. The lowest BCUT2D eigenvalue weighted by atomic mass is 10.0. The SMILES string of the molecule is C[C@@H]1CN=C2N(CC3CCOC3)C(=O)c3cc(S(=O)(=O)NC4(C)CC4)ccc3N21. The molecule has 1 unspecified atom stereocenters. The number of hydrogen-bond donors (Lipinski definition) is 1. The van der Waals surface area contributed by atoms with Gasteiger partial charge in [0.1, 0.15) is 0 Å². The van der Waals surface area contributed by atoms with E-state index in [0.717, 1.165) is 24.9 Å². The number of ether oxygens (including phenoxy) is 1. The van der Waals surface area contributed by atoms with Crippen LogP contribution in [-0.4, -0.2) is 63.1 Å². The summed E-state index contributed by atoms with van der Waals surface area (Å²) in [6.45, 7) is 6.45. The third-order valence-corrected chi connectivity index (χ3v) is 7.89. The maximum atomic E-state index is 13.4. The van der Waals surface area contributed by atoms with E-state index < -0.39 is 10.0 Å². The van der Waals surface area contributed by atoms with Gasteiger partial charge in [-0.1, -0.05) is 0 Å². The van der Waals surface area contributed by atoms with Gasteiger partial charge in [0, 0.05) is 24.6 Å². The minimum atomic E-state index is -3.68. The second-order valence-electron chi connectivity index (χ2n) is 8.85. The molecule has 156 valence electrons. The first kappa shape index (κ1) is 19.0. The van der Waals surface area contributed by atoms with Gasteiger partial charge < -0.3 is 9.64 Å². The first-order valence-electron chi connectivity index (χ1n) is 10.2. The van der Waals surface area contributed by atoms with E-state index >= 15 is 0 Å². The Morgan fingerprint density at radius 2 is 2.14 bits per heavy atom. The lowest BCUT2D eigenvalue weighted by molar-refractivity contribution is 0.0818. The summed E-state index contributed by atoms with van der Waals surface area (Å²) in [5, 5.41) is 0. The molecule has 1 amide bonds. The van der Waals surface area contributed by atoms with E-state index in [0.29, 0.717) is 37.8 Å². The first-order chi connectivity index (χ1) is 13.8. The fourth-order valence-electron chi connectivity index (χ4n) is 4.25. The van der Waals surface area contributed by atoms with Gasteiger partial charge in [-0.05, 0) is 51.3 Å². The van der Waals surface area contributed by atoms with Gasteiger partial charge in [-0.2, -0.15) is 0 Å². The molecule has 1 N–H and O–H groups in total. The van der Waals surface area contributed by atoms with E-state index in [4.69, 9.17) is 4.74 Å². The molecule has 0 bridgehead atoms. The molecule has 0 aromatic heterocycles. The topological polar surface area (TPSA) is 91.3 Å². The third kappa shape index (κ3) is 3.25. The molecule has 1 aromatic rings. The van der Waals surface area contributed by atoms with Crippen LogP contribution in [0.1, 0.15) is 43.5 Å². The number of benzene rings is 1. The van der Waals surface area contributed by atoms with Crippen LogP contribution in [0.15, 0.2) is 28.1 Å². The zero-order chi connectivity index (χ0) is 20.4. The number of rotatable bonds is 5. The van der Waals surface area contributed by atoms with Gasteiger partial charge in [0.15, 0.2) is 0 Å². The number of fused-ring (bicyclic) bond motifs is 3. The molecule has 1 saturated heterocycles. The zero-order valence-electron chi connectivity index (χ0n) is 16.7. The van der Waals surface area contributed by atoms with Crippen LogP contribution >= 0.6 is 0 Å². The summed E-state index contributed by atoms with van der Waals surface area (Å²) >= 11 is 0. The number of nitrogens with zero attached hydrogens (tertiary/aromatic N) is 3. The van der Waals surface area contributed by atoms with Gasteiger partial charge in [-0.3, -0.25) is 14.7 Å². The predicted molar refractivity (Wildman–Crippen MR) is 109 cm³/mol. The molecule has 29 heavy (non-hydrogen) atoms. The number of hydrogen-bond acceptors (Lipinski definition) is 6. The van der Waals surface area contributed by atoms with Gasteiger partial charge >= 0.3 is 0 Å². The Balaban J connectivity index is 1.53. The summed E-state index contributed by atoms with van der Waals surface area (Å²) in [6, 6.07) is 4.96. The van der Waals surface area contributed by atoms with E-state index in [2.05, 4.69) is 21.5 Å². The lowest BCUT2D eigenvalue weighted by Crippen LogP contribution is -2.53. The van der Waals surface area contributed by atoms with Crippen LogP contribution in [0, 0.1) is 5.92 Å². The number of carbonyl (C=O) groups excluding carboxylic acids is 1. The Hall–Kier alpha value is -1.97. The Morgan fingerprint density at radius 3 is 2.83 bits per heavy atom. The number of sulfonamides is 1. The van der Waals surface area contributed by atoms with Crippen molar-refractivity contribution in [3.05, 3.63) is 23.8 Å². The highest BCUT2D eigenvalue weighted by Gasteiger charge is 2.44. The van der Waals surface area contributed by atoms with E-state index in [1.54, 1.807) is 17.0 Å². The fraction of sp³-hybridized carbons (Fsp3) is 0.600. The van der Waals surface area contributed by atoms with Gasteiger partial charge in [-0.15, -0.1) is 0 Å². The van der Waals surface area contributed by atoms with E-state index in [1.165, 1.54) is 6.07 Å². The van der Waals surface area contributed by atoms with Gasteiger partial charge in [0.25, 0.3) is 5.91 Å². The summed E-state index contributed by atoms with van der Waals surface area (Å²) in [5.74, 6) is 0.746.